The standard InChI is InChI=1S/C27H32N2O4.H2S/c30-26(31)16-24(19-10-12-25-20(15-19)13-14-33-25)29-17-21(27(29)32)6-1-3-7-22-11-9-18-5-2-4-8-23(18)28-22;/h9-12,15,21,24H,1-8,13-14,16-17H2,(H,30,31);1H2/t21?,24-;/m0./s1. The smallest absolute Gasteiger partial charge is 0.305 e. The first-order valence-corrected chi connectivity index (χ1v) is 12.3. The number of β-lactam (4-membered cyclic amide) rings is 1. The van der Waals surface area contributed by atoms with Gasteiger partial charge in [-0.3, -0.25) is 14.6 Å². The summed E-state index contributed by atoms with van der Waals surface area (Å²) in [5, 5.41) is 9.45. The van der Waals surface area contributed by atoms with Gasteiger partial charge in [0, 0.05) is 24.4 Å². The molecule has 1 saturated heterocycles. The van der Waals surface area contributed by atoms with Gasteiger partial charge < -0.3 is 14.7 Å². The fourth-order valence-corrected chi connectivity index (χ4v) is 5.47. The number of benzene rings is 1. The van der Waals surface area contributed by atoms with Crippen LogP contribution in [0.3, 0.4) is 0 Å². The van der Waals surface area contributed by atoms with Crippen molar-refractivity contribution in [3.8, 4) is 5.75 Å². The number of likely N-dealkylation sites (tertiary alicyclic amines) is 1. The third-order valence-electron chi connectivity index (χ3n) is 7.36. The first-order chi connectivity index (χ1) is 16.1. The Morgan fingerprint density at radius 3 is 2.79 bits per heavy atom. The van der Waals surface area contributed by atoms with Crippen LogP contribution < -0.4 is 4.74 Å². The molecule has 1 aromatic carbocycles. The lowest BCUT2D eigenvalue weighted by atomic mass is 9.87. The highest BCUT2D eigenvalue weighted by Crippen LogP contribution is 2.37. The van der Waals surface area contributed by atoms with Crippen molar-refractivity contribution in [3.63, 3.8) is 0 Å². The molecule has 0 spiro atoms. The van der Waals surface area contributed by atoms with Crippen molar-refractivity contribution in [1.29, 1.82) is 0 Å². The van der Waals surface area contributed by atoms with E-state index < -0.39 is 12.0 Å². The molecule has 2 atom stereocenters. The van der Waals surface area contributed by atoms with Gasteiger partial charge in [-0.15, -0.1) is 0 Å². The molecule has 1 fully saturated rings. The van der Waals surface area contributed by atoms with Gasteiger partial charge in [0.25, 0.3) is 0 Å². The monoisotopic (exact) mass is 482 g/mol. The summed E-state index contributed by atoms with van der Waals surface area (Å²) in [6.07, 6.45) is 9.37. The van der Waals surface area contributed by atoms with E-state index in [1.165, 1.54) is 29.8 Å². The summed E-state index contributed by atoms with van der Waals surface area (Å²) in [6.45, 7) is 1.30. The van der Waals surface area contributed by atoms with Gasteiger partial charge in [-0.1, -0.05) is 18.6 Å². The second-order valence-electron chi connectivity index (χ2n) is 9.63. The summed E-state index contributed by atoms with van der Waals surface area (Å²) < 4.78 is 5.57. The van der Waals surface area contributed by atoms with Crippen LogP contribution in [0.5, 0.6) is 5.75 Å². The van der Waals surface area contributed by atoms with Crippen molar-refractivity contribution < 1.29 is 19.4 Å². The van der Waals surface area contributed by atoms with Crippen LogP contribution >= 0.6 is 13.5 Å². The number of pyridine rings is 1. The topological polar surface area (TPSA) is 79.7 Å². The lowest BCUT2D eigenvalue weighted by Gasteiger charge is -2.43. The molecule has 1 N–H and O–H groups in total. The minimum Gasteiger partial charge on any atom is -0.493 e. The number of unbranched alkanes of at least 4 members (excludes halogenated alkanes) is 1. The zero-order valence-corrected chi connectivity index (χ0v) is 20.6. The average Bonchev–Trinajstić information content (AvgIpc) is 3.29. The molecule has 1 aromatic heterocycles. The Balaban J connectivity index is 0.00000274. The summed E-state index contributed by atoms with van der Waals surface area (Å²) >= 11 is 0. The second-order valence-corrected chi connectivity index (χ2v) is 9.63. The van der Waals surface area contributed by atoms with Crippen molar-refractivity contribution in [2.75, 3.05) is 13.2 Å². The average molecular weight is 483 g/mol. The van der Waals surface area contributed by atoms with Crippen LogP contribution in [0.15, 0.2) is 30.3 Å². The normalized spacial score (nSPS) is 19.4. The van der Waals surface area contributed by atoms with Gasteiger partial charge in [0.05, 0.1) is 25.0 Å². The number of hydrogen-bond donors (Lipinski definition) is 1. The molecular formula is C27H34N2O4S. The number of ether oxygens (including phenoxy) is 1. The summed E-state index contributed by atoms with van der Waals surface area (Å²) in [6, 6.07) is 9.84. The van der Waals surface area contributed by atoms with Gasteiger partial charge >= 0.3 is 5.97 Å². The minimum absolute atomic E-state index is 0. The fourth-order valence-electron chi connectivity index (χ4n) is 5.47. The summed E-state index contributed by atoms with van der Waals surface area (Å²) in [4.78, 5) is 31.0. The molecule has 7 heteroatoms. The number of aromatic nitrogens is 1. The zero-order valence-electron chi connectivity index (χ0n) is 19.6. The molecule has 0 radical (unpaired) electrons. The molecule has 3 aliphatic rings. The van der Waals surface area contributed by atoms with Crippen LogP contribution in [0.2, 0.25) is 0 Å². The van der Waals surface area contributed by atoms with Gasteiger partial charge in [-0.05, 0) is 79.8 Å². The maximum Gasteiger partial charge on any atom is 0.305 e. The van der Waals surface area contributed by atoms with Crippen molar-refractivity contribution in [3.05, 3.63) is 58.4 Å². The third-order valence-corrected chi connectivity index (χ3v) is 7.36. The van der Waals surface area contributed by atoms with Gasteiger partial charge in [0.1, 0.15) is 5.75 Å². The Morgan fingerprint density at radius 1 is 1.12 bits per heavy atom. The SMILES string of the molecule is O=C(O)C[C@@H](c1ccc2c(c1)CCO2)N1CC(CCCCc2ccc3c(n2)CCCC3)C1=O.S. The molecule has 0 saturated carbocycles. The molecular weight excluding hydrogens is 448 g/mol. The number of carboxylic acids is 1. The van der Waals surface area contributed by atoms with E-state index in [9.17, 15) is 14.7 Å². The van der Waals surface area contributed by atoms with E-state index >= 15 is 0 Å². The molecule has 1 unspecified atom stereocenters. The molecule has 34 heavy (non-hydrogen) atoms. The molecule has 3 heterocycles. The van der Waals surface area contributed by atoms with E-state index in [4.69, 9.17) is 9.72 Å². The van der Waals surface area contributed by atoms with Gasteiger partial charge in [-0.2, -0.15) is 13.5 Å². The lowest BCUT2D eigenvalue weighted by Crippen LogP contribution is -2.54. The van der Waals surface area contributed by atoms with Crippen LogP contribution in [0.1, 0.15) is 72.6 Å². The molecule has 2 aromatic rings. The van der Waals surface area contributed by atoms with E-state index in [2.05, 4.69) is 12.1 Å². The number of hydrogen-bond acceptors (Lipinski definition) is 4. The van der Waals surface area contributed by atoms with Crippen molar-refractivity contribution in [1.82, 2.24) is 9.88 Å². The Labute approximate surface area is 208 Å². The molecule has 1 amide bonds. The highest BCUT2D eigenvalue weighted by Gasteiger charge is 2.41. The number of amides is 1. The summed E-state index contributed by atoms with van der Waals surface area (Å²) in [7, 11) is 0. The molecule has 6 nitrogen and oxygen atoms in total. The number of nitrogens with zero attached hydrogens (tertiary/aromatic N) is 2. The number of carbonyl (C=O) groups is 2. The predicted octanol–water partition coefficient (Wildman–Crippen LogP) is 4.40. The van der Waals surface area contributed by atoms with Crippen LogP contribution in [0.25, 0.3) is 0 Å². The number of aliphatic carboxylic acids is 1. The Bertz CT molecular complexity index is 1060. The number of rotatable bonds is 9. The predicted molar refractivity (Wildman–Crippen MR) is 135 cm³/mol. The first-order valence-electron chi connectivity index (χ1n) is 12.3. The fraction of sp³-hybridized carbons (Fsp3) is 0.519. The van der Waals surface area contributed by atoms with Crippen molar-refractivity contribution >= 4 is 25.4 Å². The van der Waals surface area contributed by atoms with E-state index in [1.54, 1.807) is 4.90 Å². The van der Waals surface area contributed by atoms with Crippen molar-refractivity contribution in [2.24, 2.45) is 5.92 Å². The first kappa shape index (κ1) is 24.6. The van der Waals surface area contributed by atoms with Gasteiger partial charge in [0.2, 0.25) is 5.91 Å². The number of aryl methyl sites for hydroxylation is 3. The van der Waals surface area contributed by atoms with E-state index in [1.807, 2.05) is 18.2 Å². The number of fused-ring (bicyclic) bond motifs is 2. The maximum absolute atomic E-state index is 12.9. The largest absolute Gasteiger partial charge is 0.493 e. The maximum atomic E-state index is 12.9. The minimum atomic E-state index is -0.884. The van der Waals surface area contributed by atoms with E-state index in [0.717, 1.165) is 61.8 Å². The lowest BCUT2D eigenvalue weighted by molar-refractivity contribution is -0.154. The van der Waals surface area contributed by atoms with E-state index in [0.29, 0.717) is 13.2 Å². The quantitative estimate of drug-likeness (QED) is 0.423. The van der Waals surface area contributed by atoms with Crippen LogP contribution in [-0.4, -0.2) is 40.0 Å². The van der Waals surface area contributed by atoms with Crippen molar-refractivity contribution in [2.45, 2.75) is 70.3 Å². The molecule has 2 aliphatic heterocycles. The molecule has 182 valence electrons. The summed E-state index contributed by atoms with van der Waals surface area (Å²) in [5.74, 6) is 0.0834. The van der Waals surface area contributed by atoms with E-state index in [-0.39, 0.29) is 31.7 Å². The van der Waals surface area contributed by atoms with Gasteiger partial charge in [0.15, 0.2) is 0 Å². The third kappa shape index (κ3) is 5.24. The number of carbonyl (C=O) groups excluding carboxylic acids is 1. The second kappa shape index (κ2) is 10.8. The number of carboxylic acid groups (broad SMARTS) is 1. The molecule has 5 rings (SSSR count). The van der Waals surface area contributed by atoms with Gasteiger partial charge in [-0.25, -0.2) is 0 Å². The highest BCUT2D eigenvalue weighted by atomic mass is 32.1. The zero-order chi connectivity index (χ0) is 22.8. The summed E-state index contributed by atoms with van der Waals surface area (Å²) in [5.41, 5.74) is 5.86. The van der Waals surface area contributed by atoms with Crippen LogP contribution in [0, 0.1) is 5.92 Å². The Kier molecular flexibility index (Phi) is 7.81. The Morgan fingerprint density at radius 2 is 1.97 bits per heavy atom. The molecule has 0 bridgehead atoms. The van der Waals surface area contributed by atoms with Crippen LogP contribution in [-0.2, 0) is 35.3 Å². The molecule has 1 aliphatic carbocycles. The highest BCUT2D eigenvalue weighted by molar-refractivity contribution is 7.59. The Hall–Kier alpha value is -2.54. The van der Waals surface area contributed by atoms with Crippen LogP contribution in [0.4, 0.5) is 0 Å².